The Morgan fingerprint density at radius 3 is 2.64 bits per heavy atom. The van der Waals surface area contributed by atoms with Gasteiger partial charge in [-0.2, -0.15) is 0 Å². The van der Waals surface area contributed by atoms with Crippen molar-refractivity contribution in [2.24, 2.45) is 5.73 Å². The van der Waals surface area contributed by atoms with Crippen LogP contribution in [0.3, 0.4) is 0 Å². The lowest BCUT2D eigenvalue weighted by Gasteiger charge is -2.32. The van der Waals surface area contributed by atoms with Gasteiger partial charge in [-0.25, -0.2) is 14.4 Å². The minimum Gasteiger partial charge on any atom is -0.496 e. The highest BCUT2D eigenvalue weighted by Gasteiger charge is 2.39. The molecule has 39 heavy (non-hydrogen) atoms. The van der Waals surface area contributed by atoms with Gasteiger partial charge in [0.2, 0.25) is 0 Å². The maximum absolute atomic E-state index is 14.8. The third-order valence-electron chi connectivity index (χ3n) is 7.41. The summed E-state index contributed by atoms with van der Waals surface area (Å²) in [7, 11) is 3.06. The van der Waals surface area contributed by atoms with Crippen molar-refractivity contribution < 1.29 is 18.7 Å². The lowest BCUT2D eigenvalue weighted by atomic mass is 9.96. The Morgan fingerprint density at radius 2 is 1.92 bits per heavy atom. The standard InChI is InChI=1S/C29H27FN6O3/c1-38-24-8-9-32-13-20(24)16-6-7-19(23(10-16)36-15-17-11-18(36)12-33-17)21-14-34-29(35-27(21)28(31)37)26-22(30)4-3-5-25(26)39-2/h3-10,13-14,17-18,33H,11-12,15H2,1-2H3,(H2,31,37)/t17-,18-/m0/s1. The number of rotatable bonds is 7. The van der Waals surface area contributed by atoms with E-state index in [1.54, 1.807) is 25.6 Å². The van der Waals surface area contributed by atoms with E-state index in [0.29, 0.717) is 23.4 Å². The third kappa shape index (κ3) is 4.32. The van der Waals surface area contributed by atoms with E-state index in [1.165, 1.54) is 25.4 Å². The molecule has 2 aromatic carbocycles. The van der Waals surface area contributed by atoms with Gasteiger partial charge in [-0.1, -0.05) is 18.2 Å². The summed E-state index contributed by atoms with van der Waals surface area (Å²) in [4.78, 5) is 28.3. The molecule has 2 aliphatic rings. The minimum atomic E-state index is -0.738. The summed E-state index contributed by atoms with van der Waals surface area (Å²) in [6, 6.07) is 12.9. The van der Waals surface area contributed by atoms with E-state index >= 15 is 0 Å². The molecular formula is C29H27FN6O3. The zero-order valence-corrected chi connectivity index (χ0v) is 21.5. The molecule has 0 aliphatic carbocycles. The van der Waals surface area contributed by atoms with Crippen LogP contribution in [0.5, 0.6) is 11.5 Å². The second-order valence-electron chi connectivity index (χ2n) is 9.59. The molecule has 2 fully saturated rings. The van der Waals surface area contributed by atoms with Crippen molar-refractivity contribution in [1.82, 2.24) is 20.3 Å². The number of methoxy groups -OCH3 is 2. The van der Waals surface area contributed by atoms with Crippen LogP contribution in [0.2, 0.25) is 0 Å². The SMILES string of the molecule is COc1ccncc1-c1ccc(-c2cnc(-c3c(F)cccc3OC)nc2C(N)=O)c(N2C[C@@H]3C[C@H]2CN3)c1. The van der Waals surface area contributed by atoms with Crippen LogP contribution in [-0.2, 0) is 0 Å². The van der Waals surface area contributed by atoms with E-state index in [9.17, 15) is 9.18 Å². The Bertz CT molecular complexity index is 1580. The van der Waals surface area contributed by atoms with Crippen molar-refractivity contribution >= 4 is 11.6 Å². The number of hydrogen-bond donors (Lipinski definition) is 2. The number of anilines is 1. The van der Waals surface area contributed by atoms with Gasteiger partial charge in [0.15, 0.2) is 5.82 Å². The van der Waals surface area contributed by atoms with Crippen molar-refractivity contribution in [3.63, 3.8) is 0 Å². The number of nitrogens with two attached hydrogens (primary N) is 1. The van der Waals surface area contributed by atoms with Gasteiger partial charge in [-0.15, -0.1) is 0 Å². The van der Waals surface area contributed by atoms with Crippen LogP contribution in [0.4, 0.5) is 10.1 Å². The molecule has 3 N–H and O–H groups in total. The zero-order valence-electron chi connectivity index (χ0n) is 21.5. The number of ether oxygens (including phenoxy) is 2. The van der Waals surface area contributed by atoms with Gasteiger partial charge in [-0.3, -0.25) is 9.78 Å². The number of hydrogen-bond acceptors (Lipinski definition) is 8. The normalized spacial score (nSPS) is 17.9. The van der Waals surface area contributed by atoms with E-state index in [-0.39, 0.29) is 22.8 Å². The Labute approximate surface area is 224 Å². The fraction of sp³-hybridized carbons (Fsp3) is 0.241. The summed E-state index contributed by atoms with van der Waals surface area (Å²) in [5.74, 6) is -0.317. The number of piperazine rings is 1. The average Bonchev–Trinajstić information content (AvgIpc) is 3.60. The summed E-state index contributed by atoms with van der Waals surface area (Å²) >= 11 is 0. The van der Waals surface area contributed by atoms with Crippen molar-refractivity contribution in [2.75, 3.05) is 32.2 Å². The molecule has 1 amide bonds. The van der Waals surface area contributed by atoms with Crippen LogP contribution < -0.4 is 25.4 Å². The van der Waals surface area contributed by atoms with Crippen LogP contribution >= 0.6 is 0 Å². The minimum absolute atomic E-state index is 0.000691. The zero-order chi connectivity index (χ0) is 27.1. The lowest BCUT2D eigenvalue weighted by molar-refractivity contribution is 0.0996. The number of primary amides is 1. The number of aromatic nitrogens is 3. The molecule has 0 radical (unpaired) electrons. The van der Waals surface area contributed by atoms with E-state index in [4.69, 9.17) is 15.2 Å². The Morgan fingerprint density at radius 1 is 1.08 bits per heavy atom. The number of carbonyl (C=O) groups is 1. The molecule has 2 atom stereocenters. The Balaban J connectivity index is 1.53. The fourth-order valence-electron chi connectivity index (χ4n) is 5.58. The molecule has 0 spiro atoms. The molecule has 2 bridgehead atoms. The van der Waals surface area contributed by atoms with Gasteiger partial charge in [0.25, 0.3) is 5.91 Å². The number of nitrogens with one attached hydrogen (secondary N) is 1. The fourth-order valence-corrected chi connectivity index (χ4v) is 5.58. The molecule has 9 nitrogen and oxygen atoms in total. The molecule has 4 heterocycles. The van der Waals surface area contributed by atoms with Crippen molar-refractivity contribution in [3.8, 4) is 45.1 Å². The molecule has 10 heteroatoms. The molecule has 4 aromatic rings. The van der Waals surface area contributed by atoms with E-state index in [2.05, 4.69) is 31.2 Å². The predicted molar refractivity (Wildman–Crippen MR) is 145 cm³/mol. The molecule has 0 saturated carbocycles. The highest BCUT2D eigenvalue weighted by molar-refractivity contribution is 6.00. The molecule has 0 unspecified atom stereocenters. The first-order valence-corrected chi connectivity index (χ1v) is 12.6. The molecule has 2 aromatic heterocycles. The summed E-state index contributed by atoms with van der Waals surface area (Å²) in [5.41, 5.74) is 9.82. The molecule has 2 aliphatic heterocycles. The van der Waals surface area contributed by atoms with Crippen LogP contribution in [0.1, 0.15) is 16.9 Å². The van der Waals surface area contributed by atoms with E-state index < -0.39 is 11.7 Å². The smallest absolute Gasteiger partial charge is 0.268 e. The monoisotopic (exact) mass is 526 g/mol. The number of amides is 1. The number of pyridine rings is 1. The van der Waals surface area contributed by atoms with E-state index in [1.807, 2.05) is 18.2 Å². The first kappa shape index (κ1) is 24.7. The lowest BCUT2D eigenvalue weighted by Crippen LogP contribution is -2.43. The summed E-state index contributed by atoms with van der Waals surface area (Å²) in [5, 5.41) is 3.53. The Kier molecular flexibility index (Phi) is 6.32. The molecule has 6 rings (SSSR count). The van der Waals surface area contributed by atoms with Crippen molar-refractivity contribution in [2.45, 2.75) is 18.5 Å². The molecule has 198 valence electrons. The van der Waals surface area contributed by atoms with Crippen molar-refractivity contribution in [3.05, 3.63) is 72.6 Å². The number of benzene rings is 2. The maximum Gasteiger partial charge on any atom is 0.268 e. The highest BCUT2D eigenvalue weighted by Crippen LogP contribution is 2.42. The quantitative estimate of drug-likeness (QED) is 0.375. The largest absolute Gasteiger partial charge is 0.496 e. The summed E-state index contributed by atoms with van der Waals surface area (Å²) < 4.78 is 25.7. The second-order valence-corrected chi connectivity index (χ2v) is 9.59. The second kappa shape index (κ2) is 9.95. The number of nitrogens with zero attached hydrogens (tertiary/aromatic N) is 4. The molecular weight excluding hydrogens is 499 g/mol. The van der Waals surface area contributed by atoms with Gasteiger partial charge in [-0.05, 0) is 36.2 Å². The molecule has 2 saturated heterocycles. The summed E-state index contributed by atoms with van der Waals surface area (Å²) in [6.45, 7) is 1.69. The van der Waals surface area contributed by atoms with E-state index in [0.717, 1.165) is 41.9 Å². The topological polar surface area (TPSA) is 115 Å². The van der Waals surface area contributed by atoms with Gasteiger partial charge in [0, 0.05) is 66.1 Å². The van der Waals surface area contributed by atoms with Gasteiger partial charge in [0.05, 0.1) is 19.8 Å². The predicted octanol–water partition coefficient (Wildman–Crippen LogP) is 3.68. The Hall–Kier alpha value is -4.57. The highest BCUT2D eigenvalue weighted by atomic mass is 19.1. The van der Waals surface area contributed by atoms with Gasteiger partial charge >= 0.3 is 0 Å². The first-order valence-electron chi connectivity index (χ1n) is 12.6. The van der Waals surface area contributed by atoms with Crippen LogP contribution in [-0.4, -0.2) is 60.3 Å². The number of halogens is 1. The summed E-state index contributed by atoms with van der Waals surface area (Å²) in [6.07, 6.45) is 6.02. The third-order valence-corrected chi connectivity index (χ3v) is 7.41. The van der Waals surface area contributed by atoms with Crippen molar-refractivity contribution in [1.29, 1.82) is 0 Å². The van der Waals surface area contributed by atoms with Crippen LogP contribution in [0.15, 0.2) is 61.1 Å². The maximum atomic E-state index is 14.8. The number of carbonyl (C=O) groups excluding carboxylic acids is 1. The van der Waals surface area contributed by atoms with Crippen LogP contribution in [0.25, 0.3) is 33.6 Å². The average molecular weight is 527 g/mol. The number of fused-ring (bicyclic) bond motifs is 2. The van der Waals surface area contributed by atoms with Gasteiger partial charge in [0.1, 0.15) is 23.0 Å². The van der Waals surface area contributed by atoms with Crippen LogP contribution in [0, 0.1) is 5.82 Å². The first-order chi connectivity index (χ1) is 19.0. The van der Waals surface area contributed by atoms with Gasteiger partial charge < -0.3 is 25.4 Å².